The number of likely N-dealkylation sites (tertiary alicyclic amines) is 1. The van der Waals surface area contributed by atoms with E-state index in [9.17, 15) is 24.8 Å². The van der Waals surface area contributed by atoms with Gasteiger partial charge in [-0.3, -0.25) is 19.7 Å². The Morgan fingerprint density at radius 3 is 2.50 bits per heavy atom. The highest BCUT2D eigenvalue weighted by Gasteiger charge is 2.45. The van der Waals surface area contributed by atoms with Gasteiger partial charge in [0.2, 0.25) is 0 Å². The number of carbonyl (C=O) groups excluding carboxylic acids is 2. The number of non-ortho nitro benzene ring substituents is 1. The van der Waals surface area contributed by atoms with E-state index in [1.165, 1.54) is 23.1 Å². The maximum Gasteiger partial charge on any atom is 0.295 e. The van der Waals surface area contributed by atoms with Crippen LogP contribution in [0.25, 0.3) is 5.76 Å². The molecule has 1 heterocycles. The first kappa shape index (κ1) is 21.2. The highest BCUT2D eigenvalue weighted by Crippen LogP contribution is 2.39. The molecule has 1 saturated heterocycles. The number of hydrogen-bond donors (Lipinski definition) is 2. The number of aliphatic hydroxyl groups excluding tert-OH is 2. The normalized spacial score (nSPS) is 18.0. The van der Waals surface area contributed by atoms with Gasteiger partial charge in [0, 0.05) is 24.2 Å². The number of ether oxygens (including phenoxy) is 1. The number of benzene rings is 2. The molecule has 0 radical (unpaired) electrons. The van der Waals surface area contributed by atoms with Crippen LogP contribution < -0.4 is 0 Å². The molecular weight excluding hydrogens is 392 g/mol. The monoisotopic (exact) mass is 412 g/mol. The summed E-state index contributed by atoms with van der Waals surface area (Å²) in [6, 6.07) is 13.1. The van der Waals surface area contributed by atoms with E-state index in [1.807, 2.05) is 0 Å². The molecule has 2 N–H and O–H groups in total. The zero-order chi connectivity index (χ0) is 21.7. The molecule has 1 amide bonds. The van der Waals surface area contributed by atoms with E-state index in [2.05, 4.69) is 0 Å². The second kappa shape index (κ2) is 9.29. The summed E-state index contributed by atoms with van der Waals surface area (Å²) in [6.45, 7) is 0.0743. The third-order valence-electron chi connectivity index (χ3n) is 4.70. The van der Waals surface area contributed by atoms with Crippen molar-refractivity contribution in [3.05, 3.63) is 81.4 Å². The second-order valence-electron chi connectivity index (χ2n) is 6.55. The number of ketones is 1. The molecule has 0 bridgehead atoms. The second-order valence-corrected chi connectivity index (χ2v) is 6.55. The molecule has 9 heteroatoms. The Bertz CT molecular complexity index is 988. The SMILES string of the molecule is O=C1C(=O)N(CCOCCO)[C@H](c2ccccc2)/C1=C(\O)c1cccc([N+](=O)[O-])c1. The van der Waals surface area contributed by atoms with E-state index in [-0.39, 0.29) is 43.2 Å². The minimum Gasteiger partial charge on any atom is -0.507 e. The van der Waals surface area contributed by atoms with Gasteiger partial charge >= 0.3 is 0 Å². The molecule has 30 heavy (non-hydrogen) atoms. The summed E-state index contributed by atoms with van der Waals surface area (Å²) < 4.78 is 5.23. The number of nitro benzene ring substituents is 1. The van der Waals surface area contributed by atoms with E-state index < -0.39 is 28.4 Å². The number of carbonyl (C=O) groups is 2. The standard InChI is InChI=1S/C21H20N2O7/c24-10-12-30-11-9-22-18(14-5-2-1-3-6-14)17(20(26)21(22)27)19(25)15-7-4-8-16(13-15)23(28)29/h1-8,13,18,24-25H,9-12H2/b19-17+/t18-/m1/s1. The number of Topliss-reactive ketones (excluding diaryl/α,β-unsaturated/α-hetero) is 1. The first-order valence-corrected chi connectivity index (χ1v) is 9.22. The fourth-order valence-electron chi connectivity index (χ4n) is 3.34. The Morgan fingerprint density at radius 2 is 1.83 bits per heavy atom. The third-order valence-corrected chi connectivity index (χ3v) is 4.70. The van der Waals surface area contributed by atoms with Gasteiger partial charge in [0.05, 0.1) is 36.4 Å². The topological polar surface area (TPSA) is 130 Å². The molecule has 1 fully saturated rings. The van der Waals surface area contributed by atoms with Gasteiger partial charge < -0.3 is 19.8 Å². The molecule has 9 nitrogen and oxygen atoms in total. The van der Waals surface area contributed by atoms with Crippen molar-refractivity contribution in [3.63, 3.8) is 0 Å². The van der Waals surface area contributed by atoms with Crippen molar-refractivity contribution < 1.29 is 29.5 Å². The van der Waals surface area contributed by atoms with Crippen LogP contribution in [-0.2, 0) is 14.3 Å². The molecule has 0 unspecified atom stereocenters. The lowest BCUT2D eigenvalue weighted by molar-refractivity contribution is -0.384. The van der Waals surface area contributed by atoms with E-state index in [0.29, 0.717) is 5.56 Å². The highest BCUT2D eigenvalue weighted by atomic mass is 16.6. The Kier molecular flexibility index (Phi) is 6.55. The summed E-state index contributed by atoms with van der Waals surface area (Å²) in [7, 11) is 0. The summed E-state index contributed by atoms with van der Waals surface area (Å²) in [5.74, 6) is -2.16. The summed E-state index contributed by atoms with van der Waals surface area (Å²) >= 11 is 0. The Labute approximate surface area is 172 Å². The average Bonchev–Trinajstić information content (AvgIpc) is 3.01. The molecule has 156 valence electrons. The fraction of sp³-hybridized carbons (Fsp3) is 0.238. The third kappa shape index (κ3) is 4.22. The summed E-state index contributed by atoms with van der Waals surface area (Å²) in [6.07, 6.45) is 0. The minimum atomic E-state index is -0.880. The van der Waals surface area contributed by atoms with Crippen molar-refractivity contribution in [1.29, 1.82) is 0 Å². The van der Waals surface area contributed by atoms with Gasteiger partial charge in [-0.05, 0) is 5.56 Å². The number of hydrogen-bond acceptors (Lipinski definition) is 7. The number of nitro groups is 1. The van der Waals surface area contributed by atoms with Crippen molar-refractivity contribution in [2.24, 2.45) is 0 Å². The Balaban J connectivity index is 2.07. The molecule has 0 spiro atoms. The van der Waals surface area contributed by atoms with Crippen molar-refractivity contribution >= 4 is 23.1 Å². The van der Waals surface area contributed by atoms with E-state index in [1.54, 1.807) is 30.3 Å². The van der Waals surface area contributed by atoms with Crippen LogP contribution in [0.15, 0.2) is 60.2 Å². The lowest BCUT2D eigenvalue weighted by Crippen LogP contribution is -2.33. The van der Waals surface area contributed by atoms with Gasteiger partial charge in [-0.2, -0.15) is 0 Å². The van der Waals surface area contributed by atoms with Crippen LogP contribution in [0.5, 0.6) is 0 Å². The van der Waals surface area contributed by atoms with Crippen LogP contribution in [0.1, 0.15) is 17.2 Å². The molecule has 0 aliphatic carbocycles. The van der Waals surface area contributed by atoms with Crippen molar-refractivity contribution in [2.45, 2.75) is 6.04 Å². The van der Waals surface area contributed by atoms with Gasteiger partial charge in [0.25, 0.3) is 17.4 Å². The molecule has 2 aromatic carbocycles. The van der Waals surface area contributed by atoms with Gasteiger partial charge in [0.15, 0.2) is 0 Å². The lowest BCUT2D eigenvalue weighted by Gasteiger charge is -2.25. The Hall–Kier alpha value is -3.56. The predicted octanol–water partition coefficient (Wildman–Crippen LogP) is 2.03. The van der Waals surface area contributed by atoms with E-state index >= 15 is 0 Å². The van der Waals surface area contributed by atoms with Crippen LogP contribution in [0.3, 0.4) is 0 Å². The molecule has 0 saturated carbocycles. The van der Waals surface area contributed by atoms with Crippen LogP contribution in [0.2, 0.25) is 0 Å². The minimum absolute atomic E-state index is 0.0653. The molecule has 1 aliphatic rings. The maximum absolute atomic E-state index is 12.8. The number of amides is 1. The van der Waals surface area contributed by atoms with Crippen LogP contribution in [0, 0.1) is 10.1 Å². The fourth-order valence-corrected chi connectivity index (χ4v) is 3.34. The number of nitrogens with zero attached hydrogens (tertiary/aromatic N) is 2. The predicted molar refractivity (Wildman–Crippen MR) is 106 cm³/mol. The largest absolute Gasteiger partial charge is 0.507 e. The molecule has 1 aliphatic heterocycles. The molecule has 3 rings (SSSR count). The first-order chi connectivity index (χ1) is 14.5. The number of rotatable bonds is 8. The maximum atomic E-state index is 12.8. The van der Waals surface area contributed by atoms with Gasteiger partial charge in [-0.15, -0.1) is 0 Å². The highest BCUT2D eigenvalue weighted by molar-refractivity contribution is 6.46. The van der Waals surface area contributed by atoms with Crippen molar-refractivity contribution in [2.75, 3.05) is 26.4 Å². The lowest BCUT2D eigenvalue weighted by atomic mass is 9.95. The summed E-state index contributed by atoms with van der Waals surface area (Å²) in [5, 5.41) is 30.8. The quantitative estimate of drug-likeness (QED) is 0.169. The van der Waals surface area contributed by atoms with Gasteiger partial charge in [-0.1, -0.05) is 42.5 Å². The van der Waals surface area contributed by atoms with Gasteiger partial charge in [-0.25, -0.2) is 0 Å². The summed E-state index contributed by atoms with van der Waals surface area (Å²) in [4.78, 5) is 37.2. The zero-order valence-corrected chi connectivity index (χ0v) is 15.9. The van der Waals surface area contributed by atoms with E-state index in [0.717, 1.165) is 6.07 Å². The molecule has 0 aromatic heterocycles. The van der Waals surface area contributed by atoms with Crippen molar-refractivity contribution in [3.8, 4) is 0 Å². The van der Waals surface area contributed by atoms with E-state index in [4.69, 9.17) is 9.84 Å². The average molecular weight is 412 g/mol. The van der Waals surface area contributed by atoms with Crippen LogP contribution in [-0.4, -0.2) is 58.1 Å². The molecule has 2 aromatic rings. The first-order valence-electron chi connectivity index (χ1n) is 9.22. The van der Waals surface area contributed by atoms with Crippen molar-refractivity contribution in [1.82, 2.24) is 4.90 Å². The number of aliphatic hydroxyl groups is 2. The van der Waals surface area contributed by atoms with Crippen LogP contribution >= 0.6 is 0 Å². The smallest absolute Gasteiger partial charge is 0.295 e. The molecule has 1 atom stereocenters. The Morgan fingerprint density at radius 1 is 1.10 bits per heavy atom. The summed E-state index contributed by atoms with van der Waals surface area (Å²) in [5.41, 5.74) is 0.279. The zero-order valence-electron chi connectivity index (χ0n) is 15.9. The van der Waals surface area contributed by atoms with Crippen LogP contribution in [0.4, 0.5) is 5.69 Å². The van der Waals surface area contributed by atoms with Gasteiger partial charge in [0.1, 0.15) is 5.76 Å². The molecular formula is C21H20N2O7.